The molecule has 1 fully saturated rings. The van der Waals surface area contributed by atoms with Crippen LogP contribution in [0.5, 0.6) is 5.75 Å². The van der Waals surface area contributed by atoms with Crippen LogP contribution < -0.4 is 10.1 Å². The Balaban J connectivity index is 1.48. The monoisotopic (exact) mass is 411 g/mol. The quantitative estimate of drug-likeness (QED) is 0.691. The fourth-order valence-electron chi connectivity index (χ4n) is 3.39. The summed E-state index contributed by atoms with van der Waals surface area (Å²) in [6.07, 6.45) is 2.22. The number of amides is 1. The molecule has 3 rings (SSSR count). The average Bonchev–Trinajstić information content (AvgIpc) is 2.89. The van der Waals surface area contributed by atoms with Crippen LogP contribution in [0.4, 0.5) is 0 Å². The molecule has 0 radical (unpaired) electrons. The highest BCUT2D eigenvalue weighted by Crippen LogP contribution is 2.25. The van der Waals surface area contributed by atoms with Crippen LogP contribution in [0, 0.1) is 0 Å². The average molecular weight is 412 g/mol. The molecule has 2 heterocycles. The van der Waals surface area contributed by atoms with E-state index in [1.165, 1.54) is 10.6 Å². The van der Waals surface area contributed by atoms with Crippen molar-refractivity contribution in [3.05, 3.63) is 29.3 Å². The van der Waals surface area contributed by atoms with Gasteiger partial charge < -0.3 is 14.8 Å². The molecule has 0 spiro atoms. The molecular weight excluding hydrogens is 382 g/mol. The van der Waals surface area contributed by atoms with Crippen molar-refractivity contribution in [2.75, 3.05) is 58.8 Å². The van der Waals surface area contributed by atoms with Crippen LogP contribution in [0.15, 0.2) is 18.2 Å². The lowest BCUT2D eigenvalue weighted by Crippen LogP contribution is -2.41. The minimum atomic E-state index is -3.27. The van der Waals surface area contributed by atoms with Gasteiger partial charge in [0.1, 0.15) is 12.4 Å². The zero-order chi connectivity index (χ0) is 20.0. The molecule has 1 amide bonds. The number of hydrogen-bond donors (Lipinski definition) is 1. The van der Waals surface area contributed by atoms with Crippen molar-refractivity contribution in [3.8, 4) is 5.75 Å². The molecule has 1 aromatic rings. The predicted molar refractivity (Wildman–Crippen MR) is 106 cm³/mol. The molecule has 1 aromatic carbocycles. The summed E-state index contributed by atoms with van der Waals surface area (Å²) in [4.78, 5) is 14.4. The Bertz CT molecular complexity index is 778. The van der Waals surface area contributed by atoms with Crippen molar-refractivity contribution in [2.45, 2.75) is 19.4 Å². The predicted octanol–water partition coefficient (Wildman–Crippen LogP) is 0.222. The van der Waals surface area contributed by atoms with E-state index in [0.717, 1.165) is 44.0 Å². The fraction of sp³-hybridized carbons (Fsp3) is 0.632. The number of ether oxygens (including phenoxy) is 2. The minimum Gasteiger partial charge on any atom is -0.492 e. The number of aryl methyl sites for hydroxylation is 1. The van der Waals surface area contributed by atoms with Crippen molar-refractivity contribution >= 4 is 15.9 Å². The van der Waals surface area contributed by atoms with Crippen LogP contribution in [0.2, 0.25) is 0 Å². The maximum Gasteiger partial charge on any atom is 0.220 e. The lowest BCUT2D eigenvalue weighted by atomic mass is 10.1. The zero-order valence-electron chi connectivity index (χ0n) is 16.4. The number of sulfonamides is 1. The summed E-state index contributed by atoms with van der Waals surface area (Å²) in [7, 11) is -3.27. The molecule has 0 bridgehead atoms. The van der Waals surface area contributed by atoms with Gasteiger partial charge in [-0.1, -0.05) is 12.1 Å². The van der Waals surface area contributed by atoms with Crippen LogP contribution in [0.3, 0.4) is 0 Å². The molecule has 9 heteroatoms. The second-order valence-corrected chi connectivity index (χ2v) is 9.17. The SMILES string of the molecule is CS(=O)(=O)N1CCOc2ccc(CCC(=O)NCCN3CCOCC3)cc2C1. The van der Waals surface area contributed by atoms with E-state index in [9.17, 15) is 13.2 Å². The zero-order valence-corrected chi connectivity index (χ0v) is 17.2. The highest BCUT2D eigenvalue weighted by atomic mass is 32.2. The van der Waals surface area contributed by atoms with Crippen LogP contribution in [-0.4, -0.2) is 82.3 Å². The molecule has 0 aromatic heterocycles. The Morgan fingerprint density at radius 3 is 2.71 bits per heavy atom. The number of nitrogens with one attached hydrogen (secondary N) is 1. The normalized spacial score (nSPS) is 18.8. The van der Waals surface area contributed by atoms with Crippen molar-refractivity contribution in [1.29, 1.82) is 0 Å². The van der Waals surface area contributed by atoms with Gasteiger partial charge in [0.05, 0.1) is 19.5 Å². The first-order chi connectivity index (χ1) is 13.4. The van der Waals surface area contributed by atoms with Gasteiger partial charge in [0, 0.05) is 51.3 Å². The van der Waals surface area contributed by atoms with Crippen molar-refractivity contribution in [2.24, 2.45) is 0 Å². The lowest BCUT2D eigenvalue weighted by Gasteiger charge is -2.26. The van der Waals surface area contributed by atoms with Gasteiger partial charge in [0.25, 0.3) is 0 Å². The summed E-state index contributed by atoms with van der Waals surface area (Å²) in [5.74, 6) is 0.738. The largest absolute Gasteiger partial charge is 0.492 e. The first-order valence-corrected chi connectivity index (χ1v) is 11.5. The number of carbonyl (C=O) groups excluding carboxylic acids is 1. The summed E-state index contributed by atoms with van der Waals surface area (Å²) in [6, 6.07) is 5.75. The third-order valence-electron chi connectivity index (χ3n) is 5.03. The number of hydrogen-bond acceptors (Lipinski definition) is 6. The van der Waals surface area contributed by atoms with Crippen LogP contribution in [0.25, 0.3) is 0 Å². The van der Waals surface area contributed by atoms with Gasteiger partial charge >= 0.3 is 0 Å². The van der Waals surface area contributed by atoms with Gasteiger partial charge in [-0.05, 0) is 18.1 Å². The van der Waals surface area contributed by atoms with E-state index in [1.54, 1.807) is 0 Å². The Morgan fingerprint density at radius 1 is 1.18 bits per heavy atom. The first kappa shape index (κ1) is 21.0. The number of nitrogens with zero attached hydrogens (tertiary/aromatic N) is 2. The summed E-state index contributed by atoms with van der Waals surface area (Å²) in [5.41, 5.74) is 1.84. The van der Waals surface area contributed by atoms with Gasteiger partial charge in [0.15, 0.2) is 0 Å². The summed E-state index contributed by atoms with van der Waals surface area (Å²) >= 11 is 0. The number of fused-ring (bicyclic) bond motifs is 1. The summed E-state index contributed by atoms with van der Waals surface area (Å²) in [5, 5.41) is 2.97. The van der Waals surface area contributed by atoms with Gasteiger partial charge in [-0.25, -0.2) is 8.42 Å². The second-order valence-electron chi connectivity index (χ2n) is 7.19. The molecule has 0 unspecified atom stereocenters. The van der Waals surface area contributed by atoms with Gasteiger partial charge in [0.2, 0.25) is 15.9 Å². The Morgan fingerprint density at radius 2 is 1.96 bits per heavy atom. The van der Waals surface area contributed by atoms with E-state index in [2.05, 4.69) is 10.2 Å². The molecule has 0 aliphatic carbocycles. The third kappa shape index (κ3) is 6.16. The molecule has 0 saturated carbocycles. The summed E-state index contributed by atoms with van der Waals surface area (Å²) < 4.78 is 36.1. The Hall–Kier alpha value is -1.68. The minimum absolute atomic E-state index is 0.0252. The van der Waals surface area contributed by atoms with E-state index in [-0.39, 0.29) is 5.91 Å². The molecular formula is C19H29N3O5S. The van der Waals surface area contributed by atoms with Gasteiger partial charge in [-0.15, -0.1) is 0 Å². The van der Waals surface area contributed by atoms with Crippen molar-refractivity contribution in [1.82, 2.24) is 14.5 Å². The molecule has 28 heavy (non-hydrogen) atoms. The van der Waals surface area contributed by atoms with Crippen LogP contribution in [-0.2, 0) is 32.5 Å². The highest BCUT2D eigenvalue weighted by Gasteiger charge is 2.22. The number of carbonyl (C=O) groups is 1. The molecule has 1 saturated heterocycles. The smallest absolute Gasteiger partial charge is 0.220 e. The van der Waals surface area contributed by atoms with Crippen LogP contribution >= 0.6 is 0 Å². The van der Waals surface area contributed by atoms with E-state index < -0.39 is 10.0 Å². The van der Waals surface area contributed by atoms with Gasteiger partial charge in [-0.2, -0.15) is 4.31 Å². The summed E-state index contributed by atoms with van der Waals surface area (Å²) in [6.45, 7) is 5.80. The molecule has 2 aliphatic rings. The number of rotatable bonds is 7. The van der Waals surface area contributed by atoms with E-state index >= 15 is 0 Å². The molecule has 2 aliphatic heterocycles. The van der Waals surface area contributed by atoms with E-state index in [0.29, 0.717) is 44.8 Å². The fourth-order valence-corrected chi connectivity index (χ4v) is 4.17. The molecule has 1 N–H and O–H groups in total. The van der Waals surface area contributed by atoms with Gasteiger partial charge in [-0.3, -0.25) is 9.69 Å². The number of morpholine rings is 1. The lowest BCUT2D eigenvalue weighted by molar-refractivity contribution is -0.121. The van der Waals surface area contributed by atoms with Crippen molar-refractivity contribution < 1.29 is 22.7 Å². The molecule has 0 atom stereocenters. The Labute approximate surface area is 166 Å². The first-order valence-electron chi connectivity index (χ1n) is 9.68. The highest BCUT2D eigenvalue weighted by molar-refractivity contribution is 7.88. The Kier molecular flexibility index (Phi) is 7.28. The number of benzene rings is 1. The second kappa shape index (κ2) is 9.69. The van der Waals surface area contributed by atoms with E-state index in [1.807, 2.05) is 18.2 Å². The third-order valence-corrected chi connectivity index (χ3v) is 6.28. The van der Waals surface area contributed by atoms with Crippen LogP contribution in [0.1, 0.15) is 17.5 Å². The maximum atomic E-state index is 12.1. The maximum absolute atomic E-state index is 12.1. The van der Waals surface area contributed by atoms with E-state index in [4.69, 9.17) is 9.47 Å². The van der Waals surface area contributed by atoms with Crippen molar-refractivity contribution in [3.63, 3.8) is 0 Å². The standard InChI is InChI=1S/C19H29N3O5S/c1-28(24,25)22-10-13-27-18-4-2-16(14-17(18)15-22)3-5-19(23)20-6-7-21-8-11-26-12-9-21/h2,4,14H,3,5-13,15H2,1H3,(H,20,23). The molecule has 156 valence electrons. The molecule has 8 nitrogen and oxygen atoms in total. The topological polar surface area (TPSA) is 88.2 Å².